The molecule has 1 aliphatic rings. The lowest BCUT2D eigenvalue weighted by molar-refractivity contribution is 0.182. The van der Waals surface area contributed by atoms with Gasteiger partial charge in [-0.25, -0.2) is 23.4 Å². The predicted octanol–water partition coefficient (Wildman–Crippen LogP) is 2.65. The summed E-state index contributed by atoms with van der Waals surface area (Å²) in [6, 6.07) is 3.90. The molecule has 1 N–H and O–H groups in total. The van der Waals surface area contributed by atoms with E-state index in [2.05, 4.69) is 25.0 Å². The molecular weight excluding hydrogens is 442 g/mol. The molecule has 0 aromatic carbocycles. The Bertz CT molecular complexity index is 1440. The van der Waals surface area contributed by atoms with Crippen LogP contribution in [-0.2, 0) is 16.4 Å². The Labute approximate surface area is 191 Å². The van der Waals surface area contributed by atoms with E-state index in [1.54, 1.807) is 19.3 Å². The number of fused-ring (bicyclic) bond motifs is 1. The van der Waals surface area contributed by atoms with Crippen molar-refractivity contribution in [1.82, 2.24) is 33.7 Å². The SMILES string of the molecule is CC(O)c1nc2cnc(Cc3ccnc(-c4cnn(S(=O)(=O)C5CC5)c4)n3)cc2n1C(C)C. The minimum Gasteiger partial charge on any atom is -0.385 e. The van der Waals surface area contributed by atoms with Gasteiger partial charge in [-0.15, -0.1) is 0 Å². The highest BCUT2D eigenvalue weighted by Gasteiger charge is 2.37. The van der Waals surface area contributed by atoms with E-state index in [1.807, 2.05) is 30.5 Å². The second kappa shape index (κ2) is 7.99. The third kappa shape index (κ3) is 4.02. The Kier molecular flexibility index (Phi) is 5.25. The van der Waals surface area contributed by atoms with Crippen LogP contribution in [0.15, 0.2) is 36.9 Å². The summed E-state index contributed by atoms with van der Waals surface area (Å²) in [6.45, 7) is 5.80. The van der Waals surface area contributed by atoms with Crippen molar-refractivity contribution in [2.75, 3.05) is 0 Å². The quantitative estimate of drug-likeness (QED) is 0.439. The van der Waals surface area contributed by atoms with Gasteiger partial charge in [-0.05, 0) is 45.7 Å². The van der Waals surface area contributed by atoms with Crippen molar-refractivity contribution in [3.8, 4) is 11.4 Å². The summed E-state index contributed by atoms with van der Waals surface area (Å²) < 4.78 is 27.8. The van der Waals surface area contributed by atoms with Crippen molar-refractivity contribution < 1.29 is 13.5 Å². The van der Waals surface area contributed by atoms with E-state index in [4.69, 9.17) is 0 Å². The van der Waals surface area contributed by atoms with Gasteiger partial charge in [-0.3, -0.25) is 4.98 Å². The zero-order valence-electron chi connectivity index (χ0n) is 18.6. The lowest BCUT2D eigenvalue weighted by Gasteiger charge is -2.14. The van der Waals surface area contributed by atoms with Crippen LogP contribution in [0, 0.1) is 0 Å². The van der Waals surface area contributed by atoms with Crippen molar-refractivity contribution in [3.05, 3.63) is 54.1 Å². The summed E-state index contributed by atoms with van der Waals surface area (Å²) in [5.74, 6) is 1.02. The zero-order chi connectivity index (χ0) is 23.3. The fourth-order valence-electron chi connectivity index (χ4n) is 3.89. The van der Waals surface area contributed by atoms with Crippen LogP contribution in [0.2, 0.25) is 0 Å². The van der Waals surface area contributed by atoms with E-state index < -0.39 is 16.1 Å². The van der Waals surface area contributed by atoms with E-state index in [0.29, 0.717) is 36.5 Å². The molecule has 4 aromatic rings. The number of imidazole rings is 1. The number of hydrogen-bond acceptors (Lipinski definition) is 8. The summed E-state index contributed by atoms with van der Waals surface area (Å²) in [4.78, 5) is 18.0. The summed E-state index contributed by atoms with van der Waals surface area (Å²) in [7, 11) is -3.43. The van der Waals surface area contributed by atoms with Gasteiger partial charge >= 0.3 is 0 Å². The molecule has 0 bridgehead atoms. The Morgan fingerprint density at radius 3 is 2.61 bits per heavy atom. The third-order valence-electron chi connectivity index (χ3n) is 5.65. The maximum Gasteiger partial charge on any atom is 0.256 e. The van der Waals surface area contributed by atoms with Crippen molar-refractivity contribution in [3.63, 3.8) is 0 Å². The van der Waals surface area contributed by atoms with Crippen LogP contribution in [0.5, 0.6) is 0 Å². The molecule has 5 rings (SSSR count). The third-order valence-corrected chi connectivity index (χ3v) is 7.69. The Balaban J connectivity index is 1.44. The fraction of sp³-hybridized carbons (Fsp3) is 0.409. The van der Waals surface area contributed by atoms with Gasteiger partial charge in [0.2, 0.25) is 0 Å². The van der Waals surface area contributed by atoms with Gasteiger partial charge in [-0.2, -0.15) is 9.19 Å². The molecule has 0 aliphatic heterocycles. The number of pyridine rings is 1. The van der Waals surface area contributed by atoms with E-state index in [-0.39, 0.29) is 11.3 Å². The van der Waals surface area contributed by atoms with Crippen molar-refractivity contribution >= 4 is 21.1 Å². The summed E-state index contributed by atoms with van der Waals surface area (Å²) >= 11 is 0. The van der Waals surface area contributed by atoms with Gasteiger partial charge in [0.15, 0.2) is 5.82 Å². The second-order valence-corrected chi connectivity index (χ2v) is 10.7. The van der Waals surface area contributed by atoms with E-state index >= 15 is 0 Å². The van der Waals surface area contributed by atoms with Crippen molar-refractivity contribution in [2.45, 2.75) is 57.4 Å². The fourth-order valence-corrected chi connectivity index (χ4v) is 5.37. The maximum absolute atomic E-state index is 12.4. The Morgan fingerprint density at radius 2 is 1.91 bits per heavy atom. The first kappa shape index (κ1) is 21.7. The largest absolute Gasteiger partial charge is 0.385 e. The molecule has 172 valence electrons. The first-order valence-electron chi connectivity index (χ1n) is 10.9. The van der Waals surface area contributed by atoms with Gasteiger partial charge in [0, 0.05) is 24.4 Å². The molecule has 0 spiro atoms. The molecule has 10 nitrogen and oxygen atoms in total. The van der Waals surface area contributed by atoms with Gasteiger partial charge < -0.3 is 9.67 Å². The molecule has 0 amide bonds. The van der Waals surface area contributed by atoms with Crippen LogP contribution in [0.1, 0.15) is 63.0 Å². The molecule has 1 saturated carbocycles. The lowest BCUT2D eigenvalue weighted by Crippen LogP contribution is -2.17. The minimum atomic E-state index is -3.43. The summed E-state index contributed by atoms with van der Waals surface area (Å²) in [5, 5.41) is 13.8. The van der Waals surface area contributed by atoms with Crippen molar-refractivity contribution in [2.24, 2.45) is 0 Å². The van der Waals surface area contributed by atoms with Crippen molar-refractivity contribution in [1.29, 1.82) is 0 Å². The Morgan fingerprint density at radius 1 is 1.12 bits per heavy atom. The monoisotopic (exact) mass is 467 g/mol. The summed E-state index contributed by atoms with van der Waals surface area (Å²) in [6.07, 6.45) is 7.43. The van der Waals surface area contributed by atoms with E-state index in [9.17, 15) is 13.5 Å². The van der Waals surface area contributed by atoms with Gasteiger partial charge in [-0.1, -0.05) is 0 Å². The molecule has 4 aromatic heterocycles. The standard InChI is InChI=1S/C22H25N7O3S/c1-13(2)29-20-9-17(24-11-19(20)27-22(29)14(3)30)8-16-6-7-23-21(26-16)15-10-25-28(12-15)33(31,32)18-4-5-18/h6-7,9-14,18,30H,4-5,8H2,1-3H3. The molecule has 0 radical (unpaired) electrons. The topological polar surface area (TPSA) is 129 Å². The zero-order valence-corrected chi connectivity index (χ0v) is 19.4. The minimum absolute atomic E-state index is 0.129. The highest BCUT2D eigenvalue weighted by molar-refractivity contribution is 7.90. The molecule has 33 heavy (non-hydrogen) atoms. The number of nitrogens with zero attached hydrogens (tertiary/aromatic N) is 7. The smallest absolute Gasteiger partial charge is 0.256 e. The molecular formula is C22H25N7O3S. The number of aliphatic hydroxyl groups excluding tert-OH is 1. The van der Waals surface area contributed by atoms with E-state index in [0.717, 1.165) is 26.5 Å². The normalized spacial score (nSPS) is 15.4. The van der Waals surface area contributed by atoms with Crippen LogP contribution in [-0.4, -0.2) is 52.5 Å². The highest BCUT2D eigenvalue weighted by atomic mass is 32.2. The molecule has 0 saturated heterocycles. The molecule has 11 heteroatoms. The van der Waals surface area contributed by atoms with Crippen LogP contribution in [0.25, 0.3) is 22.4 Å². The summed E-state index contributed by atoms with van der Waals surface area (Å²) in [5.41, 5.74) is 3.74. The van der Waals surface area contributed by atoms with Gasteiger partial charge in [0.25, 0.3) is 10.0 Å². The average Bonchev–Trinajstić information content (AvgIpc) is 3.39. The average molecular weight is 468 g/mol. The maximum atomic E-state index is 12.4. The number of rotatable bonds is 7. The van der Waals surface area contributed by atoms with Gasteiger partial charge in [0.1, 0.15) is 17.4 Å². The second-order valence-electron chi connectivity index (χ2n) is 8.67. The van der Waals surface area contributed by atoms with Gasteiger partial charge in [0.05, 0.1) is 40.6 Å². The lowest BCUT2D eigenvalue weighted by atomic mass is 10.2. The Hall–Kier alpha value is -3.18. The molecule has 1 aliphatic carbocycles. The molecule has 1 fully saturated rings. The first-order valence-corrected chi connectivity index (χ1v) is 12.4. The number of aromatic nitrogens is 7. The van der Waals surface area contributed by atoms with Crippen LogP contribution in [0.4, 0.5) is 0 Å². The predicted molar refractivity (Wildman–Crippen MR) is 122 cm³/mol. The van der Waals surface area contributed by atoms with Crippen LogP contribution < -0.4 is 0 Å². The molecule has 4 heterocycles. The first-order chi connectivity index (χ1) is 15.7. The highest BCUT2D eigenvalue weighted by Crippen LogP contribution is 2.30. The molecule has 1 atom stereocenters. The van der Waals surface area contributed by atoms with E-state index in [1.165, 1.54) is 12.4 Å². The molecule has 1 unspecified atom stereocenters. The number of hydrogen-bond donors (Lipinski definition) is 1. The van der Waals surface area contributed by atoms with Crippen LogP contribution in [0.3, 0.4) is 0 Å². The number of aliphatic hydroxyl groups is 1. The van der Waals surface area contributed by atoms with Crippen LogP contribution >= 0.6 is 0 Å².